The second kappa shape index (κ2) is 11.0. The number of amides is 2. The van der Waals surface area contributed by atoms with Gasteiger partial charge in [-0.25, -0.2) is 12.8 Å². The molecule has 0 saturated carbocycles. The summed E-state index contributed by atoms with van der Waals surface area (Å²) in [7, 11) is -2.46. The third-order valence-corrected chi connectivity index (χ3v) is 6.26. The average Bonchev–Trinajstić information content (AvgIpc) is 2.77. The van der Waals surface area contributed by atoms with Gasteiger partial charge < -0.3 is 10.2 Å². The topological polar surface area (TPSA) is 104 Å². The summed E-state index contributed by atoms with van der Waals surface area (Å²) in [5.41, 5.74) is 1.04. The van der Waals surface area contributed by atoms with E-state index in [4.69, 9.17) is 0 Å². The van der Waals surface area contributed by atoms with E-state index in [1.807, 2.05) is 0 Å². The first-order valence-electron chi connectivity index (χ1n) is 10.3. The molecule has 0 radical (unpaired) electrons. The number of ketones is 1. The van der Waals surface area contributed by atoms with Crippen molar-refractivity contribution in [2.75, 3.05) is 24.2 Å². The molecule has 178 valence electrons. The Morgan fingerprint density at radius 2 is 1.73 bits per heavy atom. The van der Waals surface area contributed by atoms with Crippen LogP contribution in [0, 0.1) is 5.82 Å². The first-order chi connectivity index (χ1) is 15.5. The Hall–Kier alpha value is -3.27. The Labute approximate surface area is 193 Å². The van der Waals surface area contributed by atoms with E-state index in [1.54, 1.807) is 13.0 Å². The molecule has 0 aliphatic heterocycles. The largest absolute Gasteiger partial charge is 0.357 e. The van der Waals surface area contributed by atoms with E-state index < -0.39 is 40.2 Å². The predicted molar refractivity (Wildman–Crippen MR) is 124 cm³/mol. The first-order valence-corrected chi connectivity index (χ1v) is 12.2. The van der Waals surface area contributed by atoms with Crippen LogP contribution in [0.25, 0.3) is 0 Å². The van der Waals surface area contributed by atoms with Gasteiger partial charge in [-0.15, -0.1) is 0 Å². The summed E-state index contributed by atoms with van der Waals surface area (Å²) in [5.74, 6) is -1.71. The van der Waals surface area contributed by atoms with Crippen molar-refractivity contribution >= 4 is 33.3 Å². The Bertz CT molecular complexity index is 1120. The van der Waals surface area contributed by atoms with Crippen molar-refractivity contribution in [1.82, 2.24) is 10.2 Å². The van der Waals surface area contributed by atoms with Gasteiger partial charge in [-0.3, -0.25) is 18.7 Å². The fraction of sp³-hybridized carbons (Fsp3) is 0.348. The highest BCUT2D eigenvalue weighted by molar-refractivity contribution is 7.92. The zero-order chi connectivity index (χ0) is 24.8. The zero-order valence-electron chi connectivity index (χ0n) is 19.0. The number of sulfonamides is 1. The Morgan fingerprint density at radius 1 is 1.09 bits per heavy atom. The van der Waals surface area contributed by atoms with E-state index in [-0.39, 0.29) is 24.4 Å². The van der Waals surface area contributed by atoms with Crippen molar-refractivity contribution in [1.29, 1.82) is 0 Å². The monoisotopic (exact) mass is 477 g/mol. The maximum absolute atomic E-state index is 13.4. The molecule has 0 fully saturated rings. The minimum atomic E-state index is -3.90. The van der Waals surface area contributed by atoms with Crippen molar-refractivity contribution in [3.63, 3.8) is 0 Å². The summed E-state index contributed by atoms with van der Waals surface area (Å²) in [6.45, 7) is 2.50. The molecule has 0 aliphatic rings. The van der Waals surface area contributed by atoms with Crippen LogP contribution in [0.2, 0.25) is 0 Å². The van der Waals surface area contributed by atoms with Gasteiger partial charge >= 0.3 is 0 Å². The summed E-state index contributed by atoms with van der Waals surface area (Å²) in [6.07, 6.45) is 1.24. The zero-order valence-corrected chi connectivity index (χ0v) is 19.9. The lowest BCUT2D eigenvalue weighted by Gasteiger charge is -2.32. The number of hydrogen-bond donors (Lipinski definition) is 1. The number of carbonyl (C=O) groups is 3. The molecule has 1 atom stereocenters. The highest BCUT2D eigenvalue weighted by atomic mass is 32.2. The number of nitrogens with zero attached hydrogens (tertiary/aromatic N) is 2. The molecule has 2 rings (SSSR count). The standard InChI is InChI=1S/C23H28FN3O5S/c1-5-21(23(30)25-3)26(14-17-9-11-19(24)12-10-17)22(29)15-27(33(4,31)32)20-8-6-7-18(13-20)16(2)28/h6-13,21H,5,14-15H2,1-4H3,(H,25,30)/t21-/m1/s1. The molecule has 0 bridgehead atoms. The Kier molecular flexibility index (Phi) is 8.69. The Morgan fingerprint density at radius 3 is 2.24 bits per heavy atom. The van der Waals surface area contributed by atoms with Crippen LogP contribution in [-0.2, 0) is 26.2 Å². The van der Waals surface area contributed by atoms with Crippen LogP contribution in [0.5, 0.6) is 0 Å². The number of likely N-dealkylation sites (N-methyl/N-ethyl adjacent to an activating group) is 1. The van der Waals surface area contributed by atoms with Gasteiger partial charge in [0.25, 0.3) is 0 Å². The van der Waals surface area contributed by atoms with Crippen LogP contribution in [0.15, 0.2) is 48.5 Å². The molecular formula is C23H28FN3O5S. The molecule has 0 aliphatic carbocycles. The van der Waals surface area contributed by atoms with Crippen LogP contribution < -0.4 is 9.62 Å². The molecule has 0 aromatic heterocycles. The summed E-state index contributed by atoms with van der Waals surface area (Å²) in [5, 5.41) is 2.52. The SMILES string of the molecule is CC[C@H](C(=O)NC)N(Cc1ccc(F)cc1)C(=O)CN(c1cccc(C(C)=O)c1)S(C)(=O)=O. The quantitative estimate of drug-likeness (QED) is 0.529. The predicted octanol–water partition coefficient (Wildman–Crippen LogP) is 2.35. The van der Waals surface area contributed by atoms with Gasteiger partial charge in [0.1, 0.15) is 18.4 Å². The lowest BCUT2D eigenvalue weighted by atomic mass is 10.1. The van der Waals surface area contributed by atoms with E-state index in [0.29, 0.717) is 11.1 Å². The van der Waals surface area contributed by atoms with E-state index in [2.05, 4.69) is 5.32 Å². The highest BCUT2D eigenvalue weighted by Crippen LogP contribution is 2.21. The third-order valence-electron chi connectivity index (χ3n) is 5.12. The molecular weight excluding hydrogens is 449 g/mol. The number of anilines is 1. The van der Waals surface area contributed by atoms with E-state index in [1.165, 1.54) is 61.3 Å². The first kappa shape index (κ1) is 26.0. The molecule has 2 aromatic carbocycles. The molecule has 0 unspecified atom stereocenters. The molecule has 0 saturated heterocycles. The molecule has 0 spiro atoms. The van der Waals surface area contributed by atoms with Gasteiger partial charge in [-0.1, -0.05) is 31.2 Å². The van der Waals surface area contributed by atoms with Crippen LogP contribution in [0.1, 0.15) is 36.2 Å². The lowest BCUT2D eigenvalue weighted by Crippen LogP contribution is -2.51. The molecule has 33 heavy (non-hydrogen) atoms. The number of nitrogens with one attached hydrogen (secondary N) is 1. The second-order valence-corrected chi connectivity index (χ2v) is 9.47. The maximum Gasteiger partial charge on any atom is 0.244 e. The number of carbonyl (C=O) groups excluding carboxylic acids is 3. The van der Waals surface area contributed by atoms with Crippen molar-refractivity contribution in [2.45, 2.75) is 32.9 Å². The number of halogens is 1. The fourth-order valence-corrected chi connectivity index (χ4v) is 4.21. The van der Waals surface area contributed by atoms with Gasteiger partial charge in [-0.2, -0.15) is 0 Å². The van der Waals surface area contributed by atoms with Crippen LogP contribution in [0.4, 0.5) is 10.1 Å². The molecule has 8 nitrogen and oxygen atoms in total. The molecule has 0 heterocycles. The molecule has 2 amide bonds. The van der Waals surface area contributed by atoms with E-state index in [9.17, 15) is 27.2 Å². The van der Waals surface area contributed by atoms with Crippen molar-refractivity contribution in [2.24, 2.45) is 0 Å². The van der Waals surface area contributed by atoms with Crippen molar-refractivity contribution in [3.8, 4) is 0 Å². The van der Waals surface area contributed by atoms with Crippen LogP contribution in [0.3, 0.4) is 0 Å². The Balaban J connectivity index is 2.45. The van der Waals surface area contributed by atoms with Crippen LogP contribution >= 0.6 is 0 Å². The smallest absolute Gasteiger partial charge is 0.244 e. The average molecular weight is 478 g/mol. The van der Waals surface area contributed by atoms with Gasteiger partial charge in [0.05, 0.1) is 11.9 Å². The molecule has 10 heteroatoms. The van der Waals surface area contributed by atoms with Gasteiger partial charge in [0.2, 0.25) is 21.8 Å². The summed E-state index contributed by atoms with van der Waals surface area (Å²) in [4.78, 5) is 38.9. The number of rotatable bonds is 10. The number of Topliss-reactive ketones (excluding diaryl/α,β-unsaturated/α-hetero) is 1. The molecule has 1 N–H and O–H groups in total. The van der Waals surface area contributed by atoms with Crippen molar-refractivity contribution < 1.29 is 27.2 Å². The minimum Gasteiger partial charge on any atom is -0.357 e. The third kappa shape index (κ3) is 6.85. The normalized spacial score (nSPS) is 12.0. The fourth-order valence-electron chi connectivity index (χ4n) is 3.37. The summed E-state index contributed by atoms with van der Waals surface area (Å²) in [6, 6.07) is 10.6. The molecule has 2 aromatic rings. The van der Waals surface area contributed by atoms with Crippen LogP contribution in [-0.4, -0.2) is 56.8 Å². The highest BCUT2D eigenvalue weighted by Gasteiger charge is 2.31. The number of hydrogen-bond acceptors (Lipinski definition) is 5. The maximum atomic E-state index is 13.4. The second-order valence-electron chi connectivity index (χ2n) is 7.56. The lowest BCUT2D eigenvalue weighted by molar-refractivity contribution is -0.140. The van der Waals surface area contributed by atoms with Gasteiger partial charge in [0, 0.05) is 19.2 Å². The number of benzene rings is 2. The summed E-state index contributed by atoms with van der Waals surface area (Å²) < 4.78 is 39.3. The minimum absolute atomic E-state index is 0.0177. The van der Waals surface area contributed by atoms with E-state index >= 15 is 0 Å². The van der Waals surface area contributed by atoms with Gasteiger partial charge in [-0.05, 0) is 43.2 Å². The van der Waals surface area contributed by atoms with Gasteiger partial charge in [0.15, 0.2) is 5.78 Å². The summed E-state index contributed by atoms with van der Waals surface area (Å²) >= 11 is 0. The van der Waals surface area contributed by atoms with E-state index in [0.717, 1.165) is 10.6 Å². The van der Waals surface area contributed by atoms with Crippen molar-refractivity contribution in [3.05, 3.63) is 65.5 Å².